The quantitative estimate of drug-likeness (QED) is 0.751. The van der Waals surface area contributed by atoms with Crippen LogP contribution in [0.15, 0.2) is 43.6 Å². The van der Waals surface area contributed by atoms with E-state index in [9.17, 15) is 0 Å². The number of hydrogen-bond acceptors (Lipinski definition) is 1. The number of fused-ring (bicyclic) bond motifs is 1. The van der Waals surface area contributed by atoms with Gasteiger partial charge >= 0.3 is 0 Å². The molecule has 0 radical (unpaired) electrons. The molecule has 0 aliphatic carbocycles. The lowest BCUT2D eigenvalue weighted by atomic mass is 9.98. The maximum Gasteiger partial charge on any atom is 0.0653 e. The van der Waals surface area contributed by atoms with Gasteiger partial charge in [-0.2, -0.15) is 5.10 Å². The number of aromatic nitrogens is 2. The van der Waals surface area contributed by atoms with Crippen LogP contribution in [-0.4, -0.2) is 10.2 Å². The Balaban J connectivity index is 2.62. The number of hydrogen-bond donors (Lipinski definition) is 1. The SMILES string of the molecule is C=CCc1ccc2[nH]ncc2c1CC=C. The predicted molar refractivity (Wildman–Crippen MR) is 63.9 cm³/mol. The van der Waals surface area contributed by atoms with Crippen molar-refractivity contribution in [3.05, 3.63) is 54.8 Å². The monoisotopic (exact) mass is 198 g/mol. The predicted octanol–water partition coefficient (Wildman–Crippen LogP) is 3.02. The smallest absolute Gasteiger partial charge is 0.0653 e. The van der Waals surface area contributed by atoms with Crippen LogP contribution < -0.4 is 0 Å². The van der Waals surface area contributed by atoms with E-state index in [0.717, 1.165) is 18.4 Å². The molecule has 2 rings (SSSR count). The summed E-state index contributed by atoms with van der Waals surface area (Å²) in [4.78, 5) is 0. The highest BCUT2D eigenvalue weighted by atomic mass is 15.1. The molecule has 0 saturated heterocycles. The van der Waals surface area contributed by atoms with E-state index >= 15 is 0 Å². The van der Waals surface area contributed by atoms with Crippen molar-refractivity contribution < 1.29 is 0 Å². The highest BCUT2D eigenvalue weighted by Gasteiger charge is 2.06. The van der Waals surface area contributed by atoms with E-state index in [4.69, 9.17) is 0 Å². The minimum atomic E-state index is 0.875. The number of nitrogens with zero attached hydrogens (tertiary/aromatic N) is 1. The summed E-state index contributed by atoms with van der Waals surface area (Å²) in [6, 6.07) is 4.19. The fourth-order valence-corrected chi connectivity index (χ4v) is 1.85. The summed E-state index contributed by atoms with van der Waals surface area (Å²) >= 11 is 0. The van der Waals surface area contributed by atoms with E-state index < -0.39 is 0 Å². The van der Waals surface area contributed by atoms with Gasteiger partial charge < -0.3 is 0 Å². The van der Waals surface area contributed by atoms with E-state index in [-0.39, 0.29) is 0 Å². The van der Waals surface area contributed by atoms with E-state index in [2.05, 4.69) is 35.5 Å². The summed E-state index contributed by atoms with van der Waals surface area (Å²) in [5.41, 5.74) is 3.69. The molecule has 0 saturated carbocycles. The molecule has 0 spiro atoms. The molecule has 76 valence electrons. The van der Waals surface area contributed by atoms with Gasteiger partial charge in [0.15, 0.2) is 0 Å². The molecule has 0 bridgehead atoms. The van der Waals surface area contributed by atoms with Crippen molar-refractivity contribution in [2.75, 3.05) is 0 Å². The van der Waals surface area contributed by atoms with Gasteiger partial charge in [-0.1, -0.05) is 18.2 Å². The van der Waals surface area contributed by atoms with Crippen LogP contribution in [0.2, 0.25) is 0 Å². The average molecular weight is 198 g/mol. The van der Waals surface area contributed by atoms with Gasteiger partial charge in [-0.25, -0.2) is 0 Å². The van der Waals surface area contributed by atoms with E-state index in [1.165, 1.54) is 16.5 Å². The minimum Gasteiger partial charge on any atom is -0.278 e. The van der Waals surface area contributed by atoms with Crippen LogP contribution in [0.25, 0.3) is 10.9 Å². The zero-order valence-corrected chi connectivity index (χ0v) is 8.66. The Morgan fingerprint density at radius 3 is 2.73 bits per heavy atom. The zero-order valence-electron chi connectivity index (χ0n) is 8.66. The Bertz CT molecular complexity index is 494. The summed E-state index contributed by atoms with van der Waals surface area (Å²) in [7, 11) is 0. The Morgan fingerprint density at radius 1 is 1.20 bits per heavy atom. The molecule has 0 aliphatic heterocycles. The number of rotatable bonds is 4. The van der Waals surface area contributed by atoms with Gasteiger partial charge in [0.25, 0.3) is 0 Å². The first-order chi connectivity index (χ1) is 7.36. The second-order valence-corrected chi connectivity index (χ2v) is 3.52. The lowest BCUT2D eigenvalue weighted by Gasteiger charge is -2.06. The molecule has 0 unspecified atom stereocenters. The molecule has 15 heavy (non-hydrogen) atoms. The van der Waals surface area contributed by atoms with Crippen molar-refractivity contribution in [2.45, 2.75) is 12.8 Å². The van der Waals surface area contributed by atoms with Gasteiger partial charge in [0, 0.05) is 5.39 Å². The number of allylic oxidation sites excluding steroid dienone is 2. The molecule has 1 aromatic heterocycles. The van der Waals surface area contributed by atoms with Crippen molar-refractivity contribution >= 4 is 10.9 Å². The summed E-state index contributed by atoms with van der Waals surface area (Å²) < 4.78 is 0. The fourth-order valence-electron chi connectivity index (χ4n) is 1.85. The zero-order chi connectivity index (χ0) is 10.7. The van der Waals surface area contributed by atoms with Crippen molar-refractivity contribution in [1.82, 2.24) is 10.2 Å². The Hall–Kier alpha value is -1.83. The Kier molecular flexibility index (Phi) is 2.68. The first-order valence-electron chi connectivity index (χ1n) is 5.02. The van der Waals surface area contributed by atoms with Crippen molar-refractivity contribution in [3.8, 4) is 0 Å². The van der Waals surface area contributed by atoms with Crippen LogP contribution in [0.4, 0.5) is 0 Å². The van der Waals surface area contributed by atoms with Crippen LogP contribution in [0, 0.1) is 0 Å². The summed E-state index contributed by atoms with van der Waals surface area (Å²) in [6.45, 7) is 7.57. The van der Waals surface area contributed by atoms with Gasteiger partial charge in [0.1, 0.15) is 0 Å². The maximum absolute atomic E-state index is 4.06. The summed E-state index contributed by atoms with van der Waals surface area (Å²) in [5, 5.41) is 8.23. The molecule has 1 N–H and O–H groups in total. The third-order valence-electron chi connectivity index (χ3n) is 2.55. The highest BCUT2D eigenvalue weighted by molar-refractivity contribution is 5.83. The van der Waals surface area contributed by atoms with Crippen LogP contribution in [0.3, 0.4) is 0 Å². The largest absolute Gasteiger partial charge is 0.278 e. The molecule has 0 atom stereocenters. The van der Waals surface area contributed by atoms with Crippen LogP contribution >= 0.6 is 0 Å². The van der Waals surface area contributed by atoms with Crippen LogP contribution in [-0.2, 0) is 12.8 Å². The molecule has 0 aliphatic rings. The lowest BCUT2D eigenvalue weighted by molar-refractivity contribution is 1.12. The highest BCUT2D eigenvalue weighted by Crippen LogP contribution is 2.22. The Labute approximate surface area is 89.3 Å². The summed E-state index contributed by atoms with van der Waals surface area (Å²) in [6.07, 6.45) is 7.49. The molecular weight excluding hydrogens is 184 g/mol. The minimum absolute atomic E-state index is 0.875. The van der Waals surface area contributed by atoms with E-state index in [1.54, 1.807) is 0 Å². The first-order valence-corrected chi connectivity index (χ1v) is 5.02. The molecule has 2 nitrogen and oxygen atoms in total. The summed E-state index contributed by atoms with van der Waals surface area (Å²) in [5.74, 6) is 0. The second-order valence-electron chi connectivity index (χ2n) is 3.52. The number of aromatic amines is 1. The van der Waals surface area contributed by atoms with Gasteiger partial charge in [-0.3, -0.25) is 5.10 Å². The third kappa shape index (κ3) is 1.71. The molecule has 2 heteroatoms. The first kappa shape index (κ1) is 9.71. The number of benzene rings is 1. The standard InChI is InChI=1S/C13H14N2/c1-3-5-10-7-8-13-12(9-14-15-13)11(10)6-4-2/h3-4,7-9H,1-2,5-6H2,(H,14,15). The van der Waals surface area contributed by atoms with Crippen molar-refractivity contribution in [3.63, 3.8) is 0 Å². The van der Waals surface area contributed by atoms with Gasteiger partial charge in [-0.05, 0) is 30.0 Å². The third-order valence-corrected chi connectivity index (χ3v) is 2.55. The van der Waals surface area contributed by atoms with Crippen molar-refractivity contribution in [1.29, 1.82) is 0 Å². The topological polar surface area (TPSA) is 28.7 Å². The van der Waals surface area contributed by atoms with E-state index in [0.29, 0.717) is 0 Å². The van der Waals surface area contributed by atoms with Gasteiger partial charge in [-0.15, -0.1) is 13.2 Å². The number of nitrogens with one attached hydrogen (secondary N) is 1. The molecule has 0 fully saturated rings. The fraction of sp³-hybridized carbons (Fsp3) is 0.154. The maximum atomic E-state index is 4.06. The second kappa shape index (κ2) is 4.13. The van der Waals surface area contributed by atoms with E-state index in [1.807, 2.05) is 18.3 Å². The number of H-pyrrole nitrogens is 1. The van der Waals surface area contributed by atoms with Crippen LogP contribution in [0.5, 0.6) is 0 Å². The van der Waals surface area contributed by atoms with Gasteiger partial charge in [0.2, 0.25) is 0 Å². The van der Waals surface area contributed by atoms with Crippen LogP contribution in [0.1, 0.15) is 11.1 Å². The van der Waals surface area contributed by atoms with Gasteiger partial charge in [0.05, 0.1) is 11.7 Å². The normalized spacial score (nSPS) is 10.4. The molecular formula is C13H14N2. The molecule has 2 aromatic rings. The molecule has 0 amide bonds. The van der Waals surface area contributed by atoms with Crippen molar-refractivity contribution in [2.24, 2.45) is 0 Å². The Morgan fingerprint density at radius 2 is 2.00 bits per heavy atom. The lowest BCUT2D eigenvalue weighted by Crippen LogP contribution is -1.92. The molecule has 1 aromatic carbocycles. The molecule has 1 heterocycles. The average Bonchev–Trinajstić information content (AvgIpc) is 2.70.